The van der Waals surface area contributed by atoms with Crippen molar-refractivity contribution in [2.24, 2.45) is 5.92 Å². The lowest BCUT2D eigenvalue weighted by molar-refractivity contribution is -0.385. The molecule has 1 saturated heterocycles. The number of piperidine rings is 1. The third-order valence-corrected chi connectivity index (χ3v) is 6.51. The fourth-order valence-corrected chi connectivity index (χ4v) is 4.67. The summed E-state index contributed by atoms with van der Waals surface area (Å²) in [5.74, 6) is 1.92. The second kappa shape index (κ2) is 9.39. The van der Waals surface area contributed by atoms with Gasteiger partial charge in [-0.1, -0.05) is 0 Å². The number of rotatable bonds is 8. The largest absolute Gasteiger partial charge is 0.496 e. The van der Waals surface area contributed by atoms with Crippen molar-refractivity contribution < 1.29 is 14.5 Å². The van der Waals surface area contributed by atoms with E-state index in [1.807, 2.05) is 4.57 Å². The van der Waals surface area contributed by atoms with Crippen LogP contribution in [0.4, 0.5) is 11.5 Å². The molecule has 0 aromatic heterocycles. The summed E-state index contributed by atoms with van der Waals surface area (Å²) in [5.41, 5.74) is 6.49. The molecular weight excluding hydrogens is 434 g/mol. The van der Waals surface area contributed by atoms with Gasteiger partial charge in [0.05, 0.1) is 23.3 Å². The van der Waals surface area contributed by atoms with E-state index < -0.39 is 4.92 Å². The molecule has 1 amide bonds. The Balaban J connectivity index is 1.54. The molecule has 0 aliphatic carbocycles. The average Bonchev–Trinajstić information content (AvgIpc) is 3.23. The predicted octanol–water partition coefficient (Wildman–Crippen LogP) is 2.69. The number of nitrogens with zero attached hydrogens (tertiary/aromatic N) is 6. The van der Waals surface area contributed by atoms with Gasteiger partial charge < -0.3 is 19.9 Å². The number of nitrogen functional groups attached to an aromatic ring is 1. The number of nitro groups is 1. The van der Waals surface area contributed by atoms with Crippen molar-refractivity contribution >= 4 is 29.7 Å². The lowest BCUT2D eigenvalue weighted by atomic mass is 9.94. The molecule has 0 radical (unpaired) electrons. The summed E-state index contributed by atoms with van der Waals surface area (Å²) in [6.45, 7) is 2.28. The van der Waals surface area contributed by atoms with Gasteiger partial charge in [-0.25, -0.2) is 15.0 Å². The summed E-state index contributed by atoms with van der Waals surface area (Å²) in [5, 5.41) is 11.6. The SMILES string of the molecule is COc1ccc([N+](=O)[O-])cc1Sc1nc2c(N)ncn(CCC3CCN(C=O)CC3)c-2n1. The molecule has 1 fully saturated rings. The molecule has 0 saturated carbocycles. The van der Waals surface area contributed by atoms with Crippen molar-refractivity contribution in [1.29, 1.82) is 0 Å². The maximum absolute atomic E-state index is 11.1. The Kier molecular flexibility index (Phi) is 6.40. The Hall–Kier alpha value is -3.41. The predicted molar refractivity (Wildman–Crippen MR) is 118 cm³/mol. The number of non-ortho nitro benzene ring substituents is 1. The van der Waals surface area contributed by atoms with Crippen LogP contribution < -0.4 is 10.5 Å². The van der Waals surface area contributed by atoms with Gasteiger partial charge in [0, 0.05) is 31.8 Å². The number of nitro benzene ring substituents is 1. The number of carbonyl (C=O) groups excluding carboxylic acids is 1. The number of hydrogen-bond acceptors (Lipinski definition) is 9. The Bertz CT molecular complexity index is 1100. The maximum atomic E-state index is 11.1. The normalized spacial score (nSPS) is 14.6. The van der Waals surface area contributed by atoms with E-state index in [9.17, 15) is 14.9 Å². The Morgan fingerprint density at radius 1 is 1.34 bits per heavy atom. The lowest BCUT2D eigenvalue weighted by Crippen LogP contribution is -2.32. The average molecular weight is 458 g/mol. The van der Waals surface area contributed by atoms with E-state index in [4.69, 9.17) is 10.5 Å². The van der Waals surface area contributed by atoms with Crippen molar-refractivity contribution in [1.82, 2.24) is 24.4 Å². The molecule has 4 rings (SSSR count). The molecule has 1 aromatic carbocycles. The van der Waals surface area contributed by atoms with Crippen LogP contribution in [0, 0.1) is 16.0 Å². The quantitative estimate of drug-likeness (QED) is 0.307. The summed E-state index contributed by atoms with van der Waals surface area (Å²) in [6, 6.07) is 4.38. The zero-order valence-corrected chi connectivity index (χ0v) is 18.3. The van der Waals surface area contributed by atoms with Crippen LogP contribution in [-0.2, 0) is 11.3 Å². The van der Waals surface area contributed by atoms with Gasteiger partial charge in [0.1, 0.15) is 5.75 Å². The van der Waals surface area contributed by atoms with E-state index in [1.165, 1.54) is 31.0 Å². The third-order valence-electron chi connectivity index (χ3n) is 5.61. The van der Waals surface area contributed by atoms with Crippen LogP contribution >= 0.6 is 11.8 Å². The number of anilines is 1. The maximum Gasteiger partial charge on any atom is 0.270 e. The van der Waals surface area contributed by atoms with Crippen molar-refractivity contribution in [3.8, 4) is 17.3 Å². The number of fused-ring (bicyclic) bond motifs is 1. The molecule has 168 valence electrons. The Morgan fingerprint density at radius 2 is 2.12 bits per heavy atom. The van der Waals surface area contributed by atoms with Gasteiger partial charge in [-0.2, -0.15) is 0 Å². The summed E-state index contributed by atoms with van der Waals surface area (Å²) in [6.07, 6.45) is 5.46. The molecule has 1 aromatic rings. The van der Waals surface area contributed by atoms with Crippen LogP contribution in [0.15, 0.2) is 34.6 Å². The molecule has 0 unspecified atom stereocenters. The van der Waals surface area contributed by atoms with E-state index in [0.717, 1.165) is 38.8 Å². The molecule has 3 aliphatic rings. The number of likely N-dealkylation sites (tertiary alicyclic amines) is 1. The van der Waals surface area contributed by atoms with Gasteiger partial charge in [0.25, 0.3) is 5.69 Å². The van der Waals surface area contributed by atoms with E-state index in [0.29, 0.717) is 39.8 Å². The van der Waals surface area contributed by atoms with E-state index in [-0.39, 0.29) is 11.5 Å². The second-order valence-electron chi connectivity index (χ2n) is 7.57. The zero-order chi connectivity index (χ0) is 22.7. The van der Waals surface area contributed by atoms with E-state index in [2.05, 4.69) is 15.0 Å². The summed E-state index contributed by atoms with van der Waals surface area (Å²) >= 11 is 1.18. The van der Waals surface area contributed by atoms with Crippen LogP contribution in [0.25, 0.3) is 11.5 Å². The highest BCUT2D eigenvalue weighted by Gasteiger charge is 2.23. The number of imidazole rings is 1. The number of aryl methyl sites for hydroxylation is 1. The van der Waals surface area contributed by atoms with Crippen LogP contribution in [-0.4, -0.2) is 56.0 Å². The van der Waals surface area contributed by atoms with Gasteiger partial charge in [0.2, 0.25) is 6.41 Å². The van der Waals surface area contributed by atoms with Gasteiger partial charge in [-0.05, 0) is 43.0 Å². The molecule has 3 aliphatic heterocycles. The topological polar surface area (TPSA) is 142 Å². The van der Waals surface area contributed by atoms with Crippen LogP contribution in [0.2, 0.25) is 0 Å². The van der Waals surface area contributed by atoms with E-state index in [1.54, 1.807) is 17.3 Å². The van der Waals surface area contributed by atoms with Crippen LogP contribution in [0.3, 0.4) is 0 Å². The Labute approximate surface area is 188 Å². The Morgan fingerprint density at radius 3 is 2.81 bits per heavy atom. The number of benzene rings is 1. The number of carbonyl (C=O) groups is 1. The minimum Gasteiger partial charge on any atom is -0.496 e. The van der Waals surface area contributed by atoms with Crippen molar-refractivity contribution in [2.45, 2.75) is 35.9 Å². The number of methoxy groups -OCH3 is 1. The van der Waals surface area contributed by atoms with Crippen molar-refractivity contribution in [2.75, 3.05) is 25.9 Å². The molecular formula is C20H23N7O4S. The van der Waals surface area contributed by atoms with E-state index >= 15 is 0 Å². The van der Waals surface area contributed by atoms with Gasteiger partial charge in [-0.3, -0.25) is 14.9 Å². The molecule has 0 bridgehead atoms. The van der Waals surface area contributed by atoms with Gasteiger partial charge in [-0.15, -0.1) is 0 Å². The number of aromatic nitrogens is 4. The lowest BCUT2D eigenvalue weighted by Gasteiger charge is -2.29. The number of nitrogens with two attached hydrogens (primary N) is 1. The molecule has 11 nitrogen and oxygen atoms in total. The fraction of sp³-hybridized carbons (Fsp3) is 0.400. The third kappa shape index (κ3) is 4.59. The molecule has 2 N–H and O–H groups in total. The molecule has 3 heterocycles. The number of amides is 1. The first-order valence-corrected chi connectivity index (χ1v) is 11.0. The summed E-state index contributed by atoms with van der Waals surface area (Å²) in [7, 11) is 1.50. The van der Waals surface area contributed by atoms with Crippen LogP contribution in [0.5, 0.6) is 5.75 Å². The number of hydrogen-bond donors (Lipinski definition) is 1. The first kappa shape index (κ1) is 21.8. The zero-order valence-electron chi connectivity index (χ0n) is 17.5. The second-order valence-corrected chi connectivity index (χ2v) is 8.58. The minimum atomic E-state index is -0.457. The highest BCUT2D eigenvalue weighted by Crippen LogP contribution is 2.38. The van der Waals surface area contributed by atoms with Crippen LogP contribution in [0.1, 0.15) is 19.3 Å². The van der Waals surface area contributed by atoms with Gasteiger partial charge >= 0.3 is 0 Å². The monoisotopic (exact) mass is 457 g/mol. The molecule has 12 heteroatoms. The van der Waals surface area contributed by atoms with Crippen molar-refractivity contribution in [3.05, 3.63) is 34.6 Å². The summed E-state index contributed by atoms with van der Waals surface area (Å²) in [4.78, 5) is 37.3. The minimum absolute atomic E-state index is 0.0405. The van der Waals surface area contributed by atoms with Crippen molar-refractivity contribution in [3.63, 3.8) is 0 Å². The smallest absolute Gasteiger partial charge is 0.270 e. The highest BCUT2D eigenvalue weighted by molar-refractivity contribution is 7.99. The number of ether oxygens (including phenoxy) is 1. The first-order valence-electron chi connectivity index (χ1n) is 10.2. The standard InChI is InChI=1S/C20H23N7O4S/c1-31-15-3-2-14(27(29)30)10-16(15)32-20-23-17-18(21)22-11-26(19(17)24-20)9-6-13-4-7-25(12-28)8-5-13/h2-3,10-13H,4-9,21H2,1H3. The highest BCUT2D eigenvalue weighted by atomic mass is 32.2. The molecule has 0 atom stereocenters. The molecule has 0 spiro atoms. The molecule has 32 heavy (non-hydrogen) atoms. The summed E-state index contributed by atoms with van der Waals surface area (Å²) < 4.78 is 7.26. The van der Waals surface area contributed by atoms with Gasteiger partial charge in [0.15, 0.2) is 22.5 Å². The fourth-order valence-electron chi connectivity index (χ4n) is 3.77. The first-order chi connectivity index (χ1) is 15.5.